The summed E-state index contributed by atoms with van der Waals surface area (Å²) in [6.07, 6.45) is -1.70. The standard InChI is InChI=1S/C22H14F3N3O2/c23-22(24,25)14-6-5-7-15(12-14)28-20(29)17-9-2-1-8-16(17)18(21(28)30)13-27-19-10-3-4-11-26-19/h1-13,30H. The molecule has 0 radical (unpaired) electrons. The van der Waals surface area contributed by atoms with Crippen LogP contribution in [0, 0.1) is 0 Å². The van der Waals surface area contributed by atoms with Crippen molar-refractivity contribution in [3.63, 3.8) is 0 Å². The Bertz CT molecular complexity index is 1310. The maximum absolute atomic E-state index is 13.1. The third kappa shape index (κ3) is 3.55. The van der Waals surface area contributed by atoms with Crippen LogP contribution in [-0.2, 0) is 6.18 Å². The Balaban J connectivity index is 1.98. The number of aliphatic imine (C=N–C) groups is 1. The molecule has 0 fully saturated rings. The van der Waals surface area contributed by atoms with E-state index in [1.165, 1.54) is 18.3 Å². The lowest BCUT2D eigenvalue weighted by molar-refractivity contribution is -0.137. The van der Waals surface area contributed by atoms with Crippen molar-refractivity contribution in [3.8, 4) is 11.6 Å². The van der Waals surface area contributed by atoms with Crippen molar-refractivity contribution < 1.29 is 18.3 Å². The number of aromatic hydroxyl groups is 1. The summed E-state index contributed by atoms with van der Waals surface area (Å²) >= 11 is 0. The second-order valence-corrected chi connectivity index (χ2v) is 6.42. The highest BCUT2D eigenvalue weighted by Crippen LogP contribution is 2.32. The van der Waals surface area contributed by atoms with Crippen LogP contribution in [0.25, 0.3) is 16.5 Å². The Morgan fingerprint density at radius 2 is 1.70 bits per heavy atom. The summed E-state index contributed by atoms with van der Waals surface area (Å²) in [5.41, 5.74) is -1.49. The lowest BCUT2D eigenvalue weighted by Crippen LogP contribution is -2.20. The number of benzene rings is 2. The number of halogens is 3. The molecule has 2 aromatic carbocycles. The van der Waals surface area contributed by atoms with Crippen LogP contribution < -0.4 is 5.56 Å². The van der Waals surface area contributed by atoms with Crippen LogP contribution in [0.2, 0.25) is 0 Å². The van der Waals surface area contributed by atoms with Crippen molar-refractivity contribution in [3.05, 3.63) is 94.4 Å². The molecule has 0 bridgehead atoms. The summed E-state index contributed by atoms with van der Waals surface area (Å²) in [4.78, 5) is 21.3. The van der Waals surface area contributed by atoms with Gasteiger partial charge in [-0.05, 0) is 36.4 Å². The van der Waals surface area contributed by atoms with E-state index in [9.17, 15) is 23.1 Å². The van der Waals surface area contributed by atoms with Gasteiger partial charge >= 0.3 is 6.18 Å². The molecule has 0 spiro atoms. The third-order valence-corrected chi connectivity index (χ3v) is 4.51. The van der Waals surface area contributed by atoms with Crippen LogP contribution in [0.5, 0.6) is 5.88 Å². The molecule has 30 heavy (non-hydrogen) atoms. The molecule has 150 valence electrons. The lowest BCUT2D eigenvalue weighted by Gasteiger charge is -2.15. The van der Waals surface area contributed by atoms with Crippen LogP contribution in [0.1, 0.15) is 11.1 Å². The van der Waals surface area contributed by atoms with E-state index in [-0.39, 0.29) is 16.6 Å². The molecular formula is C22H14F3N3O2. The maximum Gasteiger partial charge on any atom is 0.416 e. The first kappa shape index (κ1) is 19.4. The van der Waals surface area contributed by atoms with E-state index in [0.717, 1.165) is 16.7 Å². The van der Waals surface area contributed by atoms with Crippen molar-refractivity contribution in [2.75, 3.05) is 0 Å². The number of fused-ring (bicyclic) bond motifs is 1. The first-order chi connectivity index (χ1) is 14.4. The van der Waals surface area contributed by atoms with Crippen molar-refractivity contribution in [1.82, 2.24) is 9.55 Å². The zero-order chi connectivity index (χ0) is 21.3. The SMILES string of the molecule is O=c1c2ccccc2c(C=Nc2ccccn2)c(O)n1-c1cccc(C(F)(F)F)c1. The Kier molecular flexibility index (Phi) is 4.83. The first-order valence-corrected chi connectivity index (χ1v) is 8.86. The minimum atomic E-state index is -4.59. The minimum Gasteiger partial charge on any atom is -0.494 e. The van der Waals surface area contributed by atoms with E-state index in [4.69, 9.17) is 0 Å². The van der Waals surface area contributed by atoms with E-state index < -0.39 is 23.2 Å². The molecule has 0 atom stereocenters. The van der Waals surface area contributed by atoms with Gasteiger partial charge < -0.3 is 5.11 Å². The molecule has 0 saturated heterocycles. The molecular weight excluding hydrogens is 395 g/mol. The van der Waals surface area contributed by atoms with E-state index in [1.54, 1.807) is 48.7 Å². The van der Waals surface area contributed by atoms with Gasteiger partial charge in [0.25, 0.3) is 5.56 Å². The van der Waals surface area contributed by atoms with Crippen LogP contribution in [0.15, 0.2) is 82.7 Å². The average Bonchev–Trinajstić information content (AvgIpc) is 2.74. The molecule has 4 aromatic rings. The van der Waals surface area contributed by atoms with Crippen molar-refractivity contribution in [2.24, 2.45) is 4.99 Å². The summed E-state index contributed by atoms with van der Waals surface area (Å²) in [7, 11) is 0. The lowest BCUT2D eigenvalue weighted by atomic mass is 10.1. The molecule has 0 amide bonds. The van der Waals surface area contributed by atoms with E-state index in [2.05, 4.69) is 9.98 Å². The van der Waals surface area contributed by atoms with Gasteiger partial charge in [0, 0.05) is 23.2 Å². The molecule has 5 nitrogen and oxygen atoms in total. The highest BCUT2D eigenvalue weighted by atomic mass is 19.4. The summed E-state index contributed by atoms with van der Waals surface area (Å²) in [5.74, 6) is -0.143. The molecule has 0 aliphatic heterocycles. The summed E-state index contributed by atoms with van der Waals surface area (Å²) in [5, 5.41) is 11.5. The number of pyridine rings is 2. The molecule has 2 heterocycles. The summed E-state index contributed by atoms with van der Waals surface area (Å²) in [6.45, 7) is 0. The predicted octanol–water partition coefficient (Wildman–Crippen LogP) is 4.86. The van der Waals surface area contributed by atoms with Crippen LogP contribution >= 0.6 is 0 Å². The fourth-order valence-electron chi connectivity index (χ4n) is 3.11. The Hall–Kier alpha value is -3.94. The number of hydrogen-bond donors (Lipinski definition) is 1. The summed E-state index contributed by atoms with van der Waals surface area (Å²) in [6, 6.07) is 15.8. The van der Waals surface area contributed by atoms with Gasteiger partial charge in [-0.15, -0.1) is 0 Å². The van der Waals surface area contributed by atoms with Gasteiger partial charge in [0.1, 0.15) is 0 Å². The van der Waals surface area contributed by atoms with Gasteiger partial charge in [0.15, 0.2) is 5.82 Å². The van der Waals surface area contributed by atoms with Gasteiger partial charge in [-0.2, -0.15) is 13.2 Å². The zero-order valence-electron chi connectivity index (χ0n) is 15.3. The molecule has 1 N–H and O–H groups in total. The predicted molar refractivity (Wildman–Crippen MR) is 108 cm³/mol. The van der Waals surface area contributed by atoms with Crippen molar-refractivity contribution in [1.29, 1.82) is 0 Å². The molecule has 4 rings (SSSR count). The second-order valence-electron chi connectivity index (χ2n) is 6.42. The Labute approximate surface area is 168 Å². The number of aromatic nitrogens is 2. The monoisotopic (exact) mass is 409 g/mol. The van der Waals surface area contributed by atoms with Crippen LogP contribution in [0.4, 0.5) is 19.0 Å². The number of rotatable bonds is 3. The third-order valence-electron chi connectivity index (χ3n) is 4.51. The van der Waals surface area contributed by atoms with E-state index in [0.29, 0.717) is 11.2 Å². The van der Waals surface area contributed by atoms with Gasteiger partial charge in [0.05, 0.1) is 16.8 Å². The normalized spacial score (nSPS) is 12.0. The molecule has 0 aliphatic rings. The smallest absolute Gasteiger partial charge is 0.416 e. The minimum absolute atomic E-state index is 0.106. The molecule has 0 aliphatic carbocycles. The quantitative estimate of drug-likeness (QED) is 0.492. The van der Waals surface area contributed by atoms with Crippen molar-refractivity contribution >= 4 is 22.8 Å². The highest BCUT2D eigenvalue weighted by molar-refractivity contribution is 6.02. The average molecular weight is 409 g/mol. The zero-order valence-corrected chi connectivity index (χ0v) is 15.3. The fourth-order valence-corrected chi connectivity index (χ4v) is 3.11. The Morgan fingerprint density at radius 1 is 0.967 bits per heavy atom. The summed E-state index contributed by atoms with van der Waals surface area (Å²) < 4.78 is 40.3. The maximum atomic E-state index is 13.1. The molecule has 0 saturated carbocycles. The molecule has 0 unspecified atom stereocenters. The fraction of sp³-hybridized carbons (Fsp3) is 0.0455. The van der Waals surface area contributed by atoms with E-state index >= 15 is 0 Å². The topological polar surface area (TPSA) is 67.5 Å². The van der Waals surface area contributed by atoms with Crippen LogP contribution in [0.3, 0.4) is 0 Å². The van der Waals surface area contributed by atoms with Gasteiger partial charge in [-0.1, -0.05) is 30.3 Å². The largest absolute Gasteiger partial charge is 0.494 e. The number of alkyl halides is 3. The molecule has 2 aromatic heterocycles. The highest BCUT2D eigenvalue weighted by Gasteiger charge is 2.31. The van der Waals surface area contributed by atoms with Crippen LogP contribution in [-0.4, -0.2) is 20.9 Å². The van der Waals surface area contributed by atoms with E-state index in [1.807, 2.05) is 0 Å². The second kappa shape index (κ2) is 7.47. The first-order valence-electron chi connectivity index (χ1n) is 8.86. The Morgan fingerprint density at radius 3 is 2.40 bits per heavy atom. The number of hydrogen-bond acceptors (Lipinski definition) is 4. The number of nitrogens with zero attached hydrogens (tertiary/aromatic N) is 3. The van der Waals surface area contributed by atoms with Crippen molar-refractivity contribution in [2.45, 2.75) is 6.18 Å². The molecule has 8 heteroatoms. The van der Waals surface area contributed by atoms with Gasteiger partial charge in [0.2, 0.25) is 5.88 Å². The van der Waals surface area contributed by atoms with Gasteiger partial charge in [-0.3, -0.25) is 4.79 Å². The van der Waals surface area contributed by atoms with Gasteiger partial charge in [-0.25, -0.2) is 14.5 Å².